The zero-order valence-corrected chi connectivity index (χ0v) is 16.2. The van der Waals surface area contributed by atoms with Crippen molar-refractivity contribution in [2.75, 3.05) is 23.3 Å². The molecule has 2 aromatic carbocycles. The van der Waals surface area contributed by atoms with Crippen LogP contribution in [0.1, 0.15) is 36.0 Å². The molecular weight excluding hydrogens is 378 g/mol. The molecule has 0 saturated carbocycles. The van der Waals surface area contributed by atoms with Crippen molar-refractivity contribution in [2.45, 2.75) is 25.7 Å². The monoisotopic (exact) mass is 399 g/mol. The molecule has 0 atom stereocenters. The second-order valence-electron chi connectivity index (χ2n) is 6.58. The number of anilines is 2. The summed E-state index contributed by atoms with van der Waals surface area (Å²) in [5, 5.41) is 6.23. The summed E-state index contributed by atoms with van der Waals surface area (Å²) in [6.45, 7) is 1.06. The summed E-state index contributed by atoms with van der Waals surface area (Å²) >= 11 is 5.81. The molecule has 0 bridgehead atoms. The molecule has 0 spiro atoms. The Bertz CT molecular complexity index is 867. The first-order valence-electron chi connectivity index (χ1n) is 9.27. The lowest BCUT2D eigenvalue weighted by Crippen LogP contribution is -2.26. The Morgan fingerprint density at radius 1 is 1.07 bits per heavy atom. The second kappa shape index (κ2) is 9.37. The maximum atomic E-state index is 12.3. The largest absolute Gasteiger partial charge is 0.352 e. The average molecular weight is 400 g/mol. The van der Waals surface area contributed by atoms with E-state index < -0.39 is 0 Å². The van der Waals surface area contributed by atoms with Gasteiger partial charge in [0, 0.05) is 36.5 Å². The van der Waals surface area contributed by atoms with Crippen molar-refractivity contribution in [2.24, 2.45) is 0 Å². The maximum Gasteiger partial charge on any atom is 0.251 e. The van der Waals surface area contributed by atoms with Crippen LogP contribution in [0.4, 0.5) is 11.4 Å². The van der Waals surface area contributed by atoms with Crippen molar-refractivity contribution in [1.82, 2.24) is 5.32 Å². The molecule has 1 fully saturated rings. The fourth-order valence-corrected chi connectivity index (χ4v) is 3.21. The van der Waals surface area contributed by atoms with Crippen LogP contribution in [-0.2, 0) is 9.59 Å². The number of benzene rings is 2. The lowest BCUT2D eigenvalue weighted by atomic mass is 10.2. The minimum absolute atomic E-state index is 0.0756. The molecular formula is C21H22ClN3O3. The first kappa shape index (κ1) is 19.9. The van der Waals surface area contributed by atoms with Gasteiger partial charge < -0.3 is 15.5 Å². The van der Waals surface area contributed by atoms with Crippen molar-refractivity contribution in [1.29, 1.82) is 0 Å². The van der Waals surface area contributed by atoms with Crippen LogP contribution in [0.2, 0.25) is 5.02 Å². The zero-order valence-electron chi connectivity index (χ0n) is 15.4. The summed E-state index contributed by atoms with van der Waals surface area (Å²) in [5.74, 6) is -0.276. The van der Waals surface area contributed by atoms with E-state index in [0.717, 1.165) is 12.1 Å². The summed E-state index contributed by atoms with van der Waals surface area (Å²) in [6, 6.07) is 13.9. The van der Waals surface area contributed by atoms with Gasteiger partial charge in [-0.25, -0.2) is 0 Å². The van der Waals surface area contributed by atoms with Gasteiger partial charge in [0.05, 0.1) is 11.4 Å². The minimum atomic E-state index is -0.199. The van der Waals surface area contributed by atoms with Crippen molar-refractivity contribution in [3.63, 3.8) is 0 Å². The Morgan fingerprint density at radius 3 is 2.54 bits per heavy atom. The standard InChI is InChI=1S/C21H22ClN3O3/c22-16-11-9-15(10-12-16)21(28)23-13-3-7-19(26)24-17-5-1-2-6-18(17)25-14-4-8-20(25)27/h1-2,5-6,9-12H,3-4,7-8,13-14H2,(H,23,28)(H,24,26). The molecule has 1 aliphatic rings. The third-order valence-electron chi connectivity index (χ3n) is 4.51. The van der Waals surface area contributed by atoms with Gasteiger partial charge in [0.1, 0.15) is 0 Å². The topological polar surface area (TPSA) is 78.5 Å². The molecule has 1 saturated heterocycles. The van der Waals surface area contributed by atoms with Gasteiger partial charge in [0.25, 0.3) is 5.91 Å². The highest BCUT2D eigenvalue weighted by atomic mass is 35.5. The maximum absolute atomic E-state index is 12.3. The summed E-state index contributed by atoms with van der Waals surface area (Å²) in [5.41, 5.74) is 1.89. The van der Waals surface area contributed by atoms with E-state index in [2.05, 4.69) is 10.6 Å². The fraction of sp³-hybridized carbons (Fsp3) is 0.286. The predicted molar refractivity (Wildman–Crippen MR) is 110 cm³/mol. The van der Waals surface area contributed by atoms with Gasteiger partial charge in [-0.1, -0.05) is 23.7 Å². The van der Waals surface area contributed by atoms with Crippen LogP contribution >= 0.6 is 11.6 Å². The van der Waals surface area contributed by atoms with E-state index in [4.69, 9.17) is 11.6 Å². The molecule has 3 amide bonds. The highest BCUT2D eigenvalue weighted by Gasteiger charge is 2.24. The summed E-state index contributed by atoms with van der Waals surface area (Å²) in [4.78, 5) is 38.0. The quantitative estimate of drug-likeness (QED) is 0.698. The number of carbonyl (C=O) groups excluding carboxylic acids is 3. The number of nitrogens with zero attached hydrogens (tertiary/aromatic N) is 1. The third-order valence-corrected chi connectivity index (χ3v) is 4.77. The smallest absolute Gasteiger partial charge is 0.251 e. The van der Waals surface area contributed by atoms with Gasteiger partial charge >= 0.3 is 0 Å². The first-order valence-corrected chi connectivity index (χ1v) is 9.65. The molecule has 28 heavy (non-hydrogen) atoms. The van der Waals surface area contributed by atoms with Crippen molar-refractivity contribution < 1.29 is 14.4 Å². The number of carbonyl (C=O) groups is 3. The van der Waals surface area contributed by atoms with Crippen molar-refractivity contribution in [3.8, 4) is 0 Å². The van der Waals surface area contributed by atoms with Gasteiger partial charge in [-0.3, -0.25) is 14.4 Å². The van der Waals surface area contributed by atoms with Crippen LogP contribution < -0.4 is 15.5 Å². The van der Waals surface area contributed by atoms with E-state index in [1.54, 1.807) is 35.2 Å². The molecule has 1 aliphatic heterocycles. The second-order valence-corrected chi connectivity index (χ2v) is 7.02. The minimum Gasteiger partial charge on any atom is -0.352 e. The van der Waals surface area contributed by atoms with E-state index in [-0.39, 0.29) is 24.1 Å². The van der Waals surface area contributed by atoms with E-state index in [1.807, 2.05) is 18.2 Å². The summed E-state index contributed by atoms with van der Waals surface area (Å²) in [6.07, 6.45) is 2.14. The van der Waals surface area contributed by atoms with Crippen molar-refractivity contribution in [3.05, 3.63) is 59.1 Å². The molecule has 2 aromatic rings. The van der Waals surface area contributed by atoms with Crippen LogP contribution in [0.3, 0.4) is 0 Å². The molecule has 1 heterocycles. The lowest BCUT2D eigenvalue weighted by molar-refractivity contribution is -0.117. The molecule has 2 N–H and O–H groups in total. The molecule has 0 aromatic heterocycles. The molecule has 0 unspecified atom stereocenters. The Hall–Kier alpha value is -2.86. The predicted octanol–water partition coefficient (Wildman–Crippen LogP) is 3.62. The Labute approximate surface area is 168 Å². The number of halogens is 1. The van der Waals surface area contributed by atoms with Crippen molar-refractivity contribution >= 4 is 40.7 Å². The first-order chi connectivity index (χ1) is 13.5. The highest BCUT2D eigenvalue weighted by Crippen LogP contribution is 2.29. The number of nitrogens with one attached hydrogen (secondary N) is 2. The number of amides is 3. The number of rotatable bonds is 7. The SMILES string of the molecule is O=C(CCCNC(=O)c1ccc(Cl)cc1)Nc1ccccc1N1CCCC1=O. The molecule has 6 nitrogen and oxygen atoms in total. The number of hydrogen-bond donors (Lipinski definition) is 2. The molecule has 0 aliphatic carbocycles. The normalized spacial score (nSPS) is 13.5. The van der Waals surface area contributed by atoms with E-state index >= 15 is 0 Å². The van der Waals surface area contributed by atoms with Gasteiger partial charge in [0.2, 0.25) is 11.8 Å². The summed E-state index contributed by atoms with van der Waals surface area (Å²) < 4.78 is 0. The van der Waals surface area contributed by atoms with Gasteiger partial charge in [-0.2, -0.15) is 0 Å². The van der Waals surface area contributed by atoms with Crippen LogP contribution in [-0.4, -0.2) is 30.8 Å². The van der Waals surface area contributed by atoms with Crippen LogP contribution in [0.25, 0.3) is 0 Å². The Kier molecular flexibility index (Phi) is 6.66. The van der Waals surface area contributed by atoms with Crippen LogP contribution in [0.15, 0.2) is 48.5 Å². The molecule has 146 valence electrons. The molecule has 0 radical (unpaired) electrons. The van der Waals surface area contributed by atoms with E-state index in [1.165, 1.54) is 0 Å². The zero-order chi connectivity index (χ0) is 19.9. The Balaban J connectivity index is 1.47. The number of para-hydroxylation sites is 2. The van der Waals surface area contributed by atoms with Gasteiger partial charge in [-0.15, -0.1) is 0 Å². The highest BCUT2D eigenvalue weighted by molar-refractivity contribution is 6.30. The molecule has 7 heteroatoms. The molecule has 3 rings (SSSR count). The number of hydrogen-bond acceptors (Lipinski definition) is 3. The van der Waals surface area contributed by atoms with Gasteiger partial charge in [0.15, 0.2) is 0 Å². The van der Waals surface area contributed by atoms with Crippen LogP contribution in [0.5, 0.6) is 0 Å². The fourth-order valence-electron chi connectivity index (χ4n) is 3.08. The van der Waals surface area contributed by atoms with Crippen LogP contribution in [0, 0.1) is 0 Å². The van der Waals surface area contributed by atoms with E-state index in [0.29, 0.717) is 42.2 Å². The Morgan fingerprint density at radius 2 is 1.82 bits per heavy atom. The summed E-state index contributed by atoms with van der Waals surface area (Å²) in [7, 11) is 0. The lowest BCUT2D eigenvalue weighted by Gasteiger charge is -2.20. The average Bonchev–Trinajstić information content (AvgIpc) is 3.12. The third kappa shape index (κ3) is 5.10. The van der Waals surface area contributed by atoms with E-state index in [9.17, 15) is 14.4 Å². The van der Waals surface area contributed by atoms with Gasteiger partial charge in [-0.05, 0) is 49.2 Å².